The predicted octanol–water partition coefficient (Wildman–Crippen LogP) is 3.14. The molecule has 23 heavy (non-hydrogen) atoms. The van der Waals surface area contributed by atoms with Gasteiger partial charge in [0.1, 0.15) is 0 Å². The lowest BCUT2D eigenvalue weighted by molar-refractivity contribution is 0.0951. The first-order valence-electron chi connectivity index (χ1n) is 7.02. The summed E-state index contributed by atoms with van der Waals surface area (Å²) in [6.07, 6.45) is 4.95. The van der Waals surface area contributed by atoms with Crippen LogP contribution in [-0.4, -0.2) is 10.9 Å². The molecule has 0 aliphatic rings. The largest absolute Gasteiger partial charge is 0.472 e. The number of hydrogen-bond donors (Lipinski definition) is 1. The van der Waals surface area contributed by atoms with Gasteiger partial charge >= 0.3 is 0 Å². The quantitative estimate of drug-likeness (QED) is 0.803. The van der Waals surface area contributed by atoms with Crippen LogP contribution in [0.3, 0.4) is 0 Å². The minimum Gasteiger partial charge on any atom is -0.472 e. The van der Waals surface area contributed by atoms with Crippen molar-refractivity contribution >= 4 is 5.91 Å². The fourth-order valence-corrected chi connectivity index (χ4v) is 2.12. The number of aromatic nitrogens is 1. The minimum atomic E-state index is -0.221. The van der Waals surface area contributed by atoms with Crippen molar-refractivity contribution in [1.82, 2.24) is 10.3 Å². The Morgan fingerprint density at radius 2 is 2.17 bits per heavy atom. The topological polar surface area (TPSA) is 78.9 Å². The van der Waals surface area contributed by atoms with E-state index in [9.17, 15) is 4.79 Å². The first kappa shape index (κ1) is 14.5. The summed E-state index contributed by atoms with van der Waals surface area (Å²) in [5, 5.41) is 11.7. The van der Waals surface area contributed by atoms with Crippen molar-refractivity contribution in [3.8, 4) is 17.3 Å². The zero-order chi connectivity index (χ0) is 16.1. The number of amides is 1. The lowest BCUT2D eigenvalue weighted by atomic mass is 10.1. The molecule has 1 aromatic carbocycles. The van der Waals surface area contributed by atoms with Crippen LogP contribution in [0, 0.1) is 11.3 Å². The molecule has 0 saturated carbocycles. The van der Waals surface area contributed by atoms with Crippen molar-refractivity contribution in [2.75, 3.05) is 0 Å². The second-order valence-electron chi connectivity index (χ2n) is 4.94. The van der Waals surface area contributed by atoms with Crippen LogP contribution >= 0.6 is 0 Å². The van der Waals surface area contributed by atoms with Gasteiger partial charge in [0.15, 0.2) is 0 Å². The SMILES string of the molecule is N#Cc1cccc(C(=O)NCc2ccc(-c3ccoc3)nc2)c1. The summed E-state index contributed by atoms with van der Waals surface area (Å²) in [5.41, 5.74) is 3.54. The van der Waals surface area contributed by atoms with E-state index in [1.54, 1.807) is 43.0 Å². The van der Waals surface area contributed by atoms with Crippen molar-refractivity contribution in [3.63, 3.8) is 0 Å². The third-order valence-corrected chi connectivity index (χ3v) is 3.35. The molecule has 2 aromatic heterocycles. The van der Waals surface area contributed by atoms with Crippen molar-refractivity contribution in [1.29, 1.82) is 5.26 Å². The number of benzene rings is 1. The molecule has 0 fully saturated rings. The summed E-state index contributed by atoms with van der Waals surface area (Å²) in [6, 6.07) is 14.2. The van der Waals surface area contributed by atoms with Gasteiger partial charge in [-0.2, -0.15) is 5.26 Å². The van der Waals surface area contributed by atoms with E-state index in [2.05, 4.69) is 10.3 Å². The molecule has 1 N–H and O–H groups in total. The zero-order valence-electron chi connectivity index (χ0n) is 12.2. The van der Waals surface area contributed by atoms with Crippen LogP contribution in [0.25, 0.3) is 11.3 Å². The second-order valence-corrected chi connectivity index (χ2v) is 4.94. The van der Waals surface area contributed by atoms with Gasteiger partial charge in [-0.25, -0.2) is 0 Å². The predicted molar refractivity (Wildman–Crippen MR) is 84.3 cm³/mol. The van der Waals surface area contributed by atoms with Gasteiger partial charge < -0.3 is 9.73 Å². The molecule has 0 saturated heterocycles. The third-order valence-electron chi connectivity index (χ3n) is 3.35. The Labute approximate surface area is 133 Å². The number of carbonyl (C=O) groups is 1. The molecule has 0 aliphatic heterocycles. The average Bonchev–Trinajstić information content (AvgIpc) is 3.15. The molecular formula is C18H13N3O2. The van der Waals surface area contributed by atoms with Gasteiger partial charge in [-0.15, -0.1) is 0 Å². The van der Waals surface area contributed by atoms with E-state index in [-0.39, 0.29) is 5.91 Å². The summed E-state index contributed by atoms with van der Waals surface area (Å²) < 4.78 is 5.03. The first-order valence-corrected chi connectivity index (χ1v) is 7.02. The Hall–Kier alpha value is -3.39. The van der Waals surface area contributed by atoms with E-state index in [1.165, 1.54) is 0 Å². The van der Waals surface area contributed by atoms with E-state index >= 15 is 0 Å². The Kier molecular flexibility index (Phi) is 4.16. The van der Waals surface area contributed by atoms with Crippen LogP contribution in [0.1, 0.15) is 21.5 Å². The maximum absolute atomic E-state index is 12.1. The highest BCUT2D eigenvalue weighted by Gasteiger charge is 2.06. The molecule has 5 nitrogen and oxygen atoms in total. The molecule has 5 heteroatoms. The normalized spacial score (nSPS) is 10.0. The second kappa shape index (κ2) is 6.58. The third kappa shape index (κ3) is 3.44. The highest BCUT2D eigenvalue weighted by molar-refractivity contribution is 5.94. The number of rotatable bonds is 4. The van der Waals surface area contributed by atoms with Crippen LogP contribution in [0.2, 0.25) is 0 Å². The monoisotopic (exact) mass is 303 g/mol. The van der Waals surface area contributed by atoms with E-state index in [0.717, 1.165) is 16.8 Å². The van der Waals surface area contributed by atoms with Gasteiger partial charge in [0.25, 0.3) is 5.91 Å². The number of carbonyl (C=O) groups excluding carboxylic acids is 1. The molecule has 1 amide bonds. The number of hydrogen-bond acceptors (Lipinski definition) is 4. The van der Waals surface area contributed by atoms with Crippen LogP contribution in [0.15, 0.2) is 65.6 Å². The minimum absolute atomic E-state index is 0.221. The maximum atomic E-state index is 12.1. The van der Waals surface area contributed by atoms with Crippen molar-refractivity contribution in [2.24, 2.45) is 0 Å². The van der Waals surface area contributed by atoms with Crippen molar-refractivity contribution in [2.45, 2.75) is 6.54 Å². The Balaban J connectivity index is 1.64. The lowest BCUT2D eigenvalue weighted by Gasteiger charge is -2.06. The molecule has 112 valence electrons. The molecule has 2 heterocycles. The number of pyridine rings is 1. The van der Waals surface area contributed by atoms with Gasteiger partial charge in [0, 0.05) is 23.9 Å². The summed E-state index contributed by atoms with van der Waals surface area (Å²) in [5.74, 6) is -0.221. The Morgan fingerprint density at radius 1 is 1.26 bits per heavy atom. The molecule has 0 radical (unpaired) electrons. The highest BCUT2D eigenvalue weighted by atomic mass is 16.3. The summed E-state index contributed by atoms with van der Waals surface area (Å²) in [6.45, 7) is 0.369. The summed E-state index contributed by atoms with van der Waals surface area (Å²) >= 11 is 0. The van der Waals surface area contributed by atoms with Crippen molar-refractivity contribution < 1.29 is 9.21 Å². The first-order chi connectivity index (χ1) is 11.3. The average molecular weight is 303 g/mol. The lowest BCUT2D eigenvalue weighted by Crippen LogP contribution is -2.22. The van der Waals surface area contributed by atoms with E-state index < -0.39 is 0 Å². The fraction of sp³-hybridized carbons (Fsp3) is 0.0556. The van der Waals surface area contributed by atoms with Crippen LogP contribution < -0.4 is 5.32 Å². The van der Waals surface area contributed by atoms with Crippen LogP contribution in [0.4, 0.5) is 0 Å². The van der Waals surface area contributed by atoms with Gasteiger partial charge in [0.05, 0.1) is 29.9 Å². The summed E-state index contributed by atoms with van der Waals surface area (Å²) in [7, 11) is 0. The smallest absolute Gasteiger partial charge is 0.251 e. The molecule has 0 atom stereocenters. The molecule has 0 spiro atoms. The Bertz CT molecular complexity index is 847. The molecule has 0 aliphatic carbocycles. The fourth-order valence-electron chi connectivity index (χ4n) is 2.12. The number of nitrogens with zero attached hydrogens (tertiary/aromatic N) is 2. The summed E-state index contributed by atoms with van der Waals surface area (Å²) in [4.78, 5) is 16.4. The number of nitrogens with one attached hydrogen (secondary N) is 1. The maximum Gasteiger partial charge on any atom is 0.251 e. The molecule has 0 unspecified atom stereocenters. The van der Waals surface area contributed by atoms with Crippen molar-refractivity contribution in [3.05, 3.63) is 77.9 Å². The Morgan fingerprint density at radius 3 is 2.87 bits per heavy atom. The van der Waals surface area contributed by atoms with Gasteiger partial charge in [-0.05, 0) is 35.9 Å². The number of nitriles is 1. The van der Waals surface area contributed by atoms with Gasteiger partial charge in [0.2, 0.25) is 0 Å². The number of furan rings is 1. The van der Waals surface area contributed by atoms with Crippen LogP contribution in [0.5, 0.6) is 0 Å². The molecule has 3 rings (SSSR count). The van der Waals surface area contributed by atoms with Gasteiger partial charge in [-0.1, -0.05) is 12.1 Å². The van der Waals surface area contributed by atoms with Crippen LogP contribution in [-0.2, 0) is 6.54 Å². The van der Waals surface area contributed by atoms with E-state index in [1.807, 2.05) is 24.3 Å². The molecule has 0 bridgehead atoms. The van der Waals surface area contributed by atoms with E-state index in [4.69, 9.17) is 9.68 Å². The highest BCUT2D eigenvalue weighted by Crippen LogP contribution is 2.17. The molecule has 3 aromatic rings. The van der Waals surface area contributed by atoms with E-state index in [0.29, 0.717) is 17.7 Å². The van der Waals surface area contributed by atoms with Gasteiger partial charge in [-0.3, -0.25) is 9.78 Å². The molecular weight excluding hydrogens is 290 g/mol. The zero-order valence-corrected chi connectivity index (χ0v) is 12.2. The standard InChI is InChI=1S/C18H13N3O2/c19-9-13-2-1-3-15(8-13)18(22)21-11-14-4-5-17(20-10-14)16-6-7-23-12-16/h1-8,10,12H,11H2,(H,21,22).